The summed E-state index contributed by atoms with van der Waals surface area (Å²) in [6, 6.07) is 19.8. The lowest BCUT2D eigenvalue weighted by Crippen LogP contribution is -2.36. The molecule has 2 aromatic carbocycles. The Morgan fingerprint density at radius 1 is 0.588 bits per heavy atom. The van der Waals surface area contributed by atoms with Crippen LogP contribution in [0.3, 0.4) is 0 Å². The highest BCUT2D eigenvalue weighted by Gasteiger charge is 2.38. The van der Waals surface area contributed by atoms with Crippen LogP contribution < -0.4 is 0 Å². The number of ether oxygens (including phenoxy) is 2. The van der Waals surface area contributed by atoms with Crippen LogP contribution in [0.4, 0.5) is 0 Å². The summed E-state index contributed by atoms with van der Waals surface area (Å²) in [5.74, 6) is -0.289. The Bertz CT molecular complexity index is 866. The quantitative estimate of drug-likeness (QED) is 0.391. The number of rotatable bonds is 7. The molecule has 0 saturated carbocycles. The van der Waals surface area contributed by atoms with Crippen molar-refractivity contribution in [2.24, 2.45) is 10.8 Å². The molecule has 0 aliphatic rings. The molecule has 0 aliphatic carbocycles. The molecule has 2 rings (SSSR count). The summed E-state index contributed by atoms with van der Waals surface area (Å²) in [4.78, 5) is 24.1. The lowest BCUT2D eigenvalue weighted by atomic mass is 9.86. The maximum absolute atomic E-state index is 12.6. The Morgan fingerprint density at radius 2 is 0.912 bits per heavy atom. The lowest BCUT2D eigenvalue weighted by molar-refractivity contribution is -0.167. The second-order valence-corrected chi connectivity index (χ2v) is 11.1. The molecule has 0 spiro atoms. The maximum atomic E-state index is 12.6. The van der Waals surface area contributed by atoms with Crippen LogP contribution in [-0.2, 0) is 24.7 Å². The van der Waals surface area contributed by atoms with Gasteiger partial charge in [-0.05, 0) is 79.4 Å². The minimum atomic E-state index is -0.786. The van der Waals surface area contributed by atoms with Gasteiger partial charge in [0.05, 0.1) is 10.8 Å². The van der Waals surface area contributed by atoms with Gasteiger partial charge in [-0.2, -0.15) is 0 Å². The fourth-order valence-electron chi connectivity index (χ4n) is 2.83. The Balaban J connectivity index is 0.000000411. The summed E-state index contributed by atoms with van der Waals surface area (Å²) < 4.78 is 11.3. The highest BCUT2D eigenvalue weighted by molar-refractivity contribution is 5.77. The molecule has 0 N–H and O–H groups in total. The number of hydrogen-bond acceptors (Lipinski definition) is 4. The van der Waals surface area contributed by atoms with Gasteiger partial charge in [-0.15, -0.1) is 0 Å². The standard InChI is InChI=1S/C20H24O2.C10H20O2/c1-5-19(2,3)18(21)22-20(4,16-12-8-6-9-13-16)17-14-10-7-11-15-17;1-7-10(5,6)8(11)12-9(2,3)4/h6-15H,5H2,1-4H3;7H2,1-6H3. The summed E-state index contributed by atoms with van der Waals surface area (Å²) >= 11 is 0. The molecule has 0 fully saturated rings. The fourth-order valence-corrected chi connectivity index (χ4v) is 2.83. The van der Waals surface area contributed by atoms with Gasteiger partial charge in [-0.1, -0.05) is 74.5 Å². The molecular weight excluding hydrogens is 424 g/mol. The first kappa shape index (κ1) is 29.4. The van der Waals surface area contributed by atoms with Crippen LogP contribution in [0.5, 0.6) is 0 Å². The van der Waals surface area contributed by atoms with Gasteiger partial charge in [-0.3, -0.25) is 9.59 Å². The van der Waals surface area contributed by atoms with E-state index in [1.807, 2.05) is 130 Å². The van der Waals surface area contributed by atoms with Crippen LogP contribution in [0.15, 0.2) is 60.7 Å². The highest BCUT2D eigenvalue weighted by Crippen LogP contribution is 2.36. The third-order valence-electron chi connectivity index (χ3n) is 6.22. The van der Waals surface area contributed by atoms with Gasteiger partial charge in [0, 0.05) is 0 Å². The van der Waals surface area contributed by atoms with Crippen LogP contribution >= 0.6 is 0 Å². The maximum Gasteiger partial charge on any atom is 0.312 e. The zero-order chi connectivity index (χ0) is 26.2. The van der Waals surface area contributed by atoms with E-state index < -0.39 is 11.0 Å². The van der Waals surface area contributed by atoms with Crippen molar-refractivity contribution in [2.45, 2.75) is 93.3 Å². The van der Waals surface area contributed by atoms with E-state index in [1.165, 1.54) is 0 Å². The van der Waals surface area contributed by atoms with Crippen LogP contribution in [0.1, 0.15) is 93.2 Å². The summed E-state index contributed by atoms with van der Waals surface area (Å²) in [7, 11) is 0. The van der Waals surface area contributed by atoms with Crippen LogP contribution in [0.25, 0.3) is 0 Å². The van der Waals surface area contributed by atoms with Crippen molar-refractivity contribution in [3.05, 3.63) is 71.8 Å². The molecule has 4 nitrogen and oxygen atoms in total. The van der Waals surface area contributed by atoms with Crippen molar-refractivity contribution in [3.8, 4) is 0 Å². The van der Waals surface area contributed by atoms with E-state index in [9.17, 15) is 9.59 Å². The molecule has 0 saturated heterocycles. The molecule has 2 aromatic rings. The van der Waals surface area contributed by atoms with Gasteiger partial charge < -0.3 is 9.47 Å². The first-order chi connectivity index (χ1) is 15.6. The average Bonchev–Trinajstić information content (AvgIpc) is 2.79. The van der Waals surface area contributed by atoms with Gasteiger partial charge in [0.15, 0.2) is 5.60 Å². The third kappa shape index (κ3) is 8.30. The number of carbonyl (C=O) groups is 2. The van der Waals surface area contributed by atoms with Gasteiger partial charge in [0.2, 0.25) is 0 Å². The molecule has 0 radical (unpaired) electrons. The minimum Gasteiger partial charge on any atom is -0.460 e. The molecule has 0 bridgehead atoms. The lowest BCUT2D eigenvalue weighted by Gasteiger charge is -2.34. The molecule has 0 aromatic heterocycles. The topological polar surface area (TPSA) is 52.6 Å². The zero-order valence-corrected chi connectivity index (χ0v) is 22.8. The van der Waals surface area contributed by atoms with Gasteiger partial charge in [0.1, 0.15) is 5.60 Å². The Kier molecular flexibility index (Phi) is 10.1. The first-order valence-corrected chi connectivity index (χ1v) is 12.2. The van der Waals surface area contributed by atoms with E-state index in [-0.39, 0.29) is 23.0 Å². The molecule has 4 heteroatoms. The van der Waals surface area contributed by atoms with Crippen LogP contribution in [0.2, 0.25) is 0 Å². The summed E-state index contributed by atoms with van der Waals surface area (Å²) in [5.41, 5.74) is -0.0591. The van der Waals surface area contributed by atoms with E-state index in [2.05, 4.69) is 0 Å². The van der Waals surface area contributed by atoms with Crippen molar-refractivity contribution in [3.63, 3.8) is 0 Å². The molecule has 0 atom stereocenters. The number of esters is 2. The number of benzene rings is 2. The van der Waals surface area contributed by atoms with E-state index in [1.54, 1.807) is 0 Å². The smallest absolute Gasteiger partial charge is 0.312 e. The molecule has 0 amide bonds. The van der Waals surface area contributed by atoms with E-state index >= 15 is 0 Å². The molecule has 0 heterocycles. The van der Waals surface area contributed by atoms with Crippen molar-refractivity contribution in [1.82, 2.24) is 0 Å². The second kappa shape index (κ2) is 11.7. The van der Waals surface area contributed by atoms with Gasteiger partial charge >= 0.3 is 11.9 Å². The SMILES string of the molecule is CCC(C)(C)C(=O)OC(C)(C)C.CCC(C)(C)C(=O)OC(C)(c1ccccc1)c1ccccc1. The second-order valence-electron chi connectivity index (χ2n) is 11.1. The van der Waals surface area contributed by atoms with E-state index in [0.29, 0.717) is 0 Å². The zero-order valence-electron chi connectivity index (χ0n) is 22.8. The molecule has 188 valence electrons. The first-order valence-electron chi connectivity index (χ1n) is 12.2. The Hall–Kier alpha value is -2.62. The van der Waals surface area contributed by atoms with Crippen LogP contribution in [-0.4, -0.2) is 17.5 Å². The average molecular weight is 469 g/mol. The third-order valence-corrected chi connectivity index (χ3v) is 6.22. The highest BCUT2D eigenvalue weighted by atomic mass is 16.6. The predicted molar refractivity (Wildman–Crippen MR) is 139 cm³/mol. The molecule has 0 aliphatic heterocycles. The van der Waals surface area contributed by atoms with Crippen molar-refractivity contribution in [1.29, 1.82) is 0 Å². The van der Waals surface area contributed by atoms with Crippen LogP contribution in [0, 0.1) is 10.8 Å². The number of carbonyl (C=O) groups excluding carboxylic acids is 2. The van der Waals surface area contributed by atoms with Gasteiger partial charge in [0.25, 0.3) is 0 Å². The molecule has 34 heavy (non-hydrogen) atoms. The normalized spacial score (nSPS) is 12.3. The Morgan fingerprint density at radius 3 is 1.21 bits per heavy atom. The van der Waals surface area contributed by atoms with Crippen molar-refractivity contribution in [2.75, 3.05) is 0 Å². The van der Waals surface area contributed by atoms with Crippen molar-refractivity contribution >= 4 is 11.9 Å². The van der Waals surface area contributed by atoms with E-state index in [0.717, 1.165) is 24.0 Å². The predicted octanol–water partition coefficient (Wildman–Crippen LogP) is 7.69. The molecule has 0 unspecified atom stereocenters. The molecular formula is C30H44O4. The minimum absolute atomic E-state index is 0.113. The monoisotopic (exact) mass is 468 g/mol. The van der Waals surface area contributed by atoms with Gasteiger partial charge in [-0.25, -0.2) is 0 Å². The summed E-state index contributed by atoms with van der Waals surface area (Å²) in [6.45, 7) is 19.3. The van der Waals surface area contributed by atoms with E-state index in [4.69, 9.17) is 9.47 Å². The Labute approximate surface area is 207 Å². The summed E-state index contributed by atoms with van der Waals surface area (Å²) in [6.07, 6.45) is 1.55. The largest absolute Gasteiger partial charge is 0.460 e. The fraction of sp³-hybridized carbons (Fsp3) is 0.533. The van der Waals surface area contributed by atoms with Crippen molar-refractivity contribution < 1.29 is 19.1 Å². The number of hydrogen-bond donors (Lipinski definition) is 0. The summed E-state index contributed by atoms with van der Waals surface area (Å²) in [5, 5.41) is 0.